The van der Waals surface area contributed by atoms with E-state index in [4.69, 9.17) is 0 Å². The van der Waals surface area contributed by atoms with Crippen LogP contribution in [-0.4, -0.2) is 45.2 Å². The summed E-state index contributed by atoms with van der Waals surface area (Å²) in [5, 5.41) is 25.1. The van der Waals surface area contributed by atoms with Crippen LogP contribution in [0.4, 0.5) is 4.79 Å². The molecule has 36 heavy (non-hydrogen) atoms. The standard InChI is InChI=1S/C30H50N2O4/c1-9-11-13-15-28(3,4)23-18-21(19-24(25(23)34)29(5,6)16-14-12-10-2)17-22(33)20-32-26(35)30(7,8)31-27(32)36/h18-19,22,33-34H,9-17,20H2,1-8H3,(H,31,36). The first-order valence-corrected chi connectivity index (χ1v) is 13.8. The second kappa shape index (κ2) is 12.0. The first kappa shape index (κ1) is 30.1. The number of aliphatic hydroxyl groups excluding tert-OH is 1. The Morgan fingerprint density at radius 2 is 1.39 bits per heavy atom. The average Bonchev–Trinajstić information content (AvgIpc) is 2.96. The maximum absolute atomic E-state index is 12.6. The predicted octanol–water partition coefficient (Wildman–Crippen LogP) is 6.34. The maximum Gasteiger partial charge on any atom is 0.325 e. The highest BCUT2D eigenvalue weighted by Gasteiger charge is 2.44. The zero-order valence-corrected chi connectivity index (χ0v) is 24.0. The topological polar surface area (TPSA) is 89.9 Å². The van der Waals surface area contributed by atoms with E-state index < -0.39 is 17.7 Å². The number of aromatic hydroxyl groups is 1. The van der Waals surface area contributed by atoms with Gasteiger partial charge < -0.3 is 15.5 Å². The molecule has 1 aliphatic heterocycles. The first-order valence-electron chi connectivity index (χ1n) is 13.8. The number of imide groups is 1. The number of benzene rings is 1. The van der Waals surface area contributed by atoms with Gasteiger partial charge in [0.05, 0.1) is 12.6 Å². The number of hydrogen-bond donors (Lipinski definition) is 3. The van der Waals surface area contributed by atoms with E-state index >= 15 is 0 Å². The van der Waals surface area contributed by atoms with E-state index in [-0.39, 0.29) is 23.3 Å². The largest absolute Gasteiger partial charge is 0.507 e. The van der Waals surface area contributed by atoms with Crippen molar-refractivity contribution in [3.05, 3.63) is 28.8 Å². The maximum atomic E-state index is 12.6. The molecule has 3 amide bonds. The van der Waals surface area contributed by atoms with Gasteiger partial charge >= 0.3 is 6.03 Å². The van der Waals surface area contributed by atoms with Crippen LogP contribution in [0.25, 0.3) is 0 Å². The monoisotopic (exact) mass is 502 g/mol. The van der Waals surface area contributed by atoms with Gasteiger partial charge in [0.25, 0.3) is 5.91 Å². The Morgan fingerprint density at radius 3 is 1.78 bits per heavy atom. The van der Waals surface area contributed by atoms with E-state index in [2.05, 4.69) is 46.9 Å². The smallest absolute Gasteiger partial charge is 0.325 e. The van der Waals surface area contributed by atoms with Crippen molar-refractivity contribution in [2.24, 2.45) is 0 Å². The Balaban J connectivity index is 2.39. The second-order valence-corrected chi connectivity index (χ2v) is 12.6. The van der Waals surface area contributed by atoms with Crippen molar-refractivity contribution in [3.63, 3.8) is 0 Å². The van der Waals surface area contributed by atoms with Gasteiger partial charge in [-0.25, -0.2) is 4.79 Å². The number of hydrogen-bond acceptors (Lipinski definition) is 4. The molecule has 0 radical (unpaired) electrons. The molecular formula is C30H50N2O4. The van der Waals surface area contributed by atoms with Crippen molar-refractivity contribution < 1.29 is 19.8 Å². The molecule has 1 atom stereocenters. The van der Waals surface area contributed by atoms with Crippen LogP contribution < -0.4 is 5.32 Å². The summed E-state index contributed by atoms with van der Waals surface area (Å²) in [6.07, 6.45) is 8.10. The number of nitrogens with one attached hydrogen (secondary N) is 1. The summed E-state index contributed by atoms with van der Waals surface area (Å²) in [6.45, 7) is 16.4. The molecule has 6 heteroatoms. The fraction of sp³-hybridized carbons (Fsp3) is 0.733. The number of aliphatic hydroxyl groups is 1. The Kier molecular flexibility index (Phi) is 10.0. The molecule has 204 valence electrons. The van der Waals surface area contributed by atoms with Crippen LogP contribution in [0.2, 0.25) is 0 Å². The number of phenols is 1. The van der Waals surface area contributed by atoms with Gasteiger partial charge in [0.1, 0.15) is 11.3 Å². The summed E-state index contributed by atoms with van der Waals surface area (Å²) >= 11 is 0. The summed E-state index contributed by atoms with van der Waals surface area (Å²) in [5.74, 6) is 0.0415. The molecule has 1 fully saturated rings. The summed E-state index contributed by atoms with van der Waals surface area (Å²) in [6, 6.07) is 3.57. The lowest BCUT2D eigenvalue weighted by Gasteiger charge is -2.33. The summed E-state index contributed by atoms with van der Waals surface area (Å²) in [7, 11) is 0. The number of carbonyl (C=O) groups excluding carboxylic acids is 2. The summed E-state index contributed by atoms with van der Waals surface area (Å²) < 4.78 is 0. The Bertz CT molecular complexity index is 877. The molecule has 0 spiro atoms. The summed E-state index contributed by atoms with van der Waals surface area (Å²) in [4.78, 5) is 26.0. The summed E-state index contributed by atoms with van der Waals surface area (Å²) in [5.41, 5.74) is 1.35. The molecule has 2 rings (SSSR count). The van der Waals surface area contributed by atoms with Crippen molar-refractivity contribution in [1.29, 1.82) is 0 Å². The van der Waals surface area contributed by atoms with E-state index in [0.717, 1.165) is 73.0 Å². The van der Waals surface area contributed by atoms with Crippen molar-refractivity contribution in [3.8, 4) is 5.75 Å². The molecule has 1 aromatic carbocycles. The predicted molar refractivity (Wildman–Crippen MR) is 146 cm³/mol. The minimum Gasteiger partial charge on any atom is -0.507 e. The number of unbranched alkanes of at least 4 members (excludes halogenated alkanes) is 4. The third kappa shape index (κ3) is 7.24. The van der Waals surface area contributed by atoms with Crippen LogP contribution in [0, 0.1) is 0 Å². The Morgan fingerprint density at radius 1 is 0.917 bits per heavy atom. The fourth-order valence-corrected chi connectivity index (χ4v) is 5.28. The molecule has 3 N–H and O–H groups in total. The van der Waals surface area contributed by atoms with Gasteiger partial charge in [-0.1, -0.05) is 92.2 Å². The number of β-amino-alcohol motifs (C(OH)–C–C–N with tert-alkyl or cyclic N) is 1. The van der Waals surface area contributed by atoms with Gasteiger partial charge in [-0.15, -0.1) is 0 Å². The average molecular weight is 503 g/mol. The molecule has 1 saturated heterocycles. The highest BCUT2D eigenvalue weighted by atomic mass is 16.3. The molecule has 1 aromatic rings. The molecule has 6 nitrogen and oxygen atoms in total. The number of urea groups is 1. The lowest BCUT2D eigenvalue weighted by atomic mass is 9.73. The lowest BCUT2D eigenvalue weighted by Crippen LogP contribution is -2.42. The van der Waals surface area contributed by atoms with E-state index in [1.54, 1.807) is 13.8 Å². The van der Waals surface area contributed by atoms with E-state index in [9.17, 15) is 19.8 Å². The SMILES string of the molecule is CCCCCC(C)(C)c1cc(CC(O)CN2C(=O)NC(C)(C)C2=O)cc(C(C)(C)CCCCC)c1O. The van der Waals surface area contributed by atoms with Gasteiger partial charge in [0.2, 0.25) is 0 Å². The number of carbonyl (C=O) groups is 2. The van der Waals surface area contributed by atoms with Gasteiger partial charge in [-0.2, -0.15) is 0 Å². The highest BCUT2D eigenvalue weighted by molar-refractivity contribution is 6.06. The number of nitrogens with zero attached hydrogens (tertiary/aromatic N) is 1. The normalized spacial score (nSPS) is 17.0. The van der Waals surface area contributed by atoms with Gasteiger partial charge in [-0.3, -0.25) is 9.69 Å². The van der Waals surface area contributed by atoms with Crippen molar-refractivity contribution in [2.75, 3.05) is 6.54 Å². The molecule has 0 aliphatic carbocycles. The van der Waals surface area contributed by atoms with Crippen LogP contribution in [-0.2, 0) is 22.0 Å². The second-order valence-electron chi connectivity index (χ2n) is 12.6. The van der Waals surface area contributed by atoms with Gasteiger partial charge in [-0.05, 0) is 43.1 Å². The third-order valence-corrected chi connectivity index (χ3v) is 7.75. The molecule has 1 heterocycles. The van der Waals surface area contributed by atoms with Gasteiger partial charge in [0.15, 0.2) is 0 Å². The van der Waals surface area contributed by atoms with E-state index in [0.29, 0.717) is 12.2 Å². The quantitative estimate of drug-likeness (QED) is 0.204. The fourth-order valence-electron chi connectivity index (χ4n) is 5.28. The molecule has 1 aliphatic rings. The molecule has 0 aromatic heterocycles. The van der Waals surface area contributed by atoms with Crippen LogP contribution in [0.3, 0.4) is 0 Å². The zero-order valence-electron chi connectivity index (χ0n) is 24.0. The van der Waals surface area contributed by atoms with Crippen LogP contribution in [0.1, 0.15) is 123 Å². The van der Waals surface area contributed by atoms with Gasteiger partial charge in [0, 0.05) is 17.5 Å². The van der Waals surface area contributed by atoms with Crippen LogP contribution >= 0.6 is 0 Å². The molecular weight excluding hydrogens is 452 g/mol. The third-order valence-electron chi connectivity index (χ3n) is 7.75. The van der Waals surface area contributed by atoms with Crippen molar-refractivity contribution in [2.45, 2.75) is 136 Å². The number of amides is 3. The Labute approximate surface area is 218 Å². The minimum absolute atomic E-state index is 0.0561. The lowest BCUT2D eigenvalue weighted by molar-refractivity contribution is -0.131. The highest BCUT2D eigenvalue weighted by Crippen LogP contribution is 2.44. The van der Waals surface area contributed by atoms with E-state index in [1.165, 1.54) is 0 Å². The van der Waals surface area contributed by atoms with Crippen molar-refractivity contribution >= 4 is 11.9 Å². The Hall–Kier alpha value is -2.08. The minimum atomic E-state index is -0.958. The molecule has 1 unspecified atom stereocenters. The van der Waals surface area contributed by atoms with Crippen LogP contribution in [0.5, 0.6) is 5.75 Å². The first-order chi connectivity index (χ1) is 16.7. The number of phenolic OH excluding ortho intramolecular Hbond substituents is 1. The molecule has 0 bridgehead atoms. The number of rotatable bonds is 14. The zero-order chi connectivity index (χ0) is 27.3. The van der Waals surface area contributed by atoms with E-state index in [1.807, 2.05) is 12.1 Å². The van der Waals surface area contributed by atoms with Crippen LogP contribution in [0.15, 0.2) is 12.1 Å². The van der Waals surface area contributed by atoms with Crippen molar-refractivity contribution in [1.82, 2.24) is 10.2 Å². The molecule has 0 saturated carbocycles.